The van der Waals surface area contributed by atoms with Gasteiger partial charge in [-0.3, -0.25) is 0 Å². The predicted molar refractivity (Wildman–Crippen MR) is 107 cm³/mol. The van der Waals surface area contributed by atoms with E-state index in [-0.39, 0.29) is 11.1 Å². The number of fused-ring (bicyclic) bond motifs is 2. The van der Waals surface area contributed by atoms with Crippen LogP contribution in [0.3, 0.4) is 0 Å². The van der Waals surface area contributed by atoms with Crippen molar-refractivity contribution in [2.45, 2.75) is 0 Å². The molecule has 0 unspecified atom stereocenters. The Balaban J connectivity index is 0.000000197. The van der Waals surface area contributed by atoms with Crippen molar-refractivity contribution in [2.24, 2.45) is 0 Å². The van der Waals surface area contributed by atoms with Gasteiger partial charge in [-0.05, 0) is 24.3 Å². The van der Waals surface area contributed by atoms with Crippen LogP contribution in [0.5, 0.6) is 0 Å². The lowest BCUT2D eigenvalue weighted by molar-refractivity contribution is 0.0681. The van der Waals surface area contributed by atoms with Crippen LogP contribution in [-0.2, 0) is 0 Å². The summed E-state index contributed by atoms with van der Waals surface area (Å²) in [5.74, 6) is -2.55. The fourth-order valence-corrected chi connectivity index (χ4v) is 2.42. The van der Waals surface area contributed by atoms with Gasteiger partial charge in [0.15, 0.2) is 0 Å². The Morgan fingerprint density at radius 2 is 1.00 bits per heavy atom. The van der Waals surface area contributed by atoms with Gasteiger partial charge in [-0.2, -0.15) is 0 Å². The third-order valence-corrected chi connectivity index (χ3v) is 3.74. The van der Waals surface area contributed by atoms with Gasteiger partial charge < -0.3 is 23.2 Å². The van der Waals surface area contributed by atoms with E-state index in [1.807, 2.05) is 0 Å². The van der Waals surface area contributed by atoms with Crippen LogP contribution in [0, 0.1) is 0 Å². The Kier molecular flexibility index (Phi) is 7.66. The van der Waals surface area contributed by atoms with Crippen LogP contribution in [0.2, 0.25) is 0 Å². The molecule has 10 heteroatoms. The number of carboxylic acid groups (broad SMARTS) is 2. The predicted octanol–water partition coefficient (Wildman–Crippen LogP) is 2.04. The average Bonchev–Trinajstić information content (AvgIpc) is 2.74. The summed E-state index contributed by atoms with van der Waals surface area (Å²) in [6, 6.07) is 16.1. The van der Waals surface area contributed by atoms with Crippen molar-refractivity contribution in [3.63, 3.8) is 0 Å². The number of benzene rings is 2. The summed E-state index contributed by atoms with van der Waals surface area (Å²) in [4.78, 5) is 43.5. The number of aromatic carboxylic acids is 2. The number of para-hydroxylation sites is 2. The zero-order valence-electron chi connectivity index (χ0n) is 15.1. The number of carbonyl (C=O) groups is 2. The number of carboxylic acids is 2. The van der Waals surface area contributed by atoms with Crippen molar-refractivity contribution >= 4 is 50.5 Å². The molecule has 2 radical (unpaired) electrons. The zero-order chi connectivity index (χ0) is 22.3. The van der Waals surface area contributed by atoms with Crippen molar-refractivity contribution in [3.05, 3.63) is 92.6 Å². The molecule has 0 saturated carbocycles. The highest BCUT2D eigenvalue weighted by atomic mass is 27.1. The summed E-state index contributed by atoms with van der Waals surface area (Å²) >= 11 is 1.42. The Morgan fingerprint density at radius 3 is 1.33 bits per heavy atom. The van der Waals surface area contributed by atoms with Crippen molar-refractivity contribution in [3.8, 4) is 0 Å². The van der Waals surface area contributed by atoms with E-state index in [0.29, 0.717) is 21.9 Å². The van der Waals surface area contributed by atoms with Crippen molar-refractivity contribution < 1.29 is 32.8 Å². The monoisotopic (exact) mass is 424 g/mol. The molecule has 30 heavy (non-hydrogen) atoms. The standard InChI is InChI=1S/2C10H6O4.Al.H2O/c2*11-9(12)7-5-6-3-1-2-4-8(6)14-10(7)13;;/h2*1-5H,(H,11,12);;1H2/q;;+1;/p-1. The molecule has 0 fully saturated rings. The molecule has 150 valence electrons. The Labute approximate surface area is 176 Å². The Bertz CT molecular complexity index is 1220. The van der Waals surface area contributed by atoms with Gasteiger partial charge in [-0.25, -0.2) is 19.2 Å². The van der Waals surface area contributed by atoms with Gasteiger partial charge in [0.05, 0.1) is 0 Å². The molecular formula is C20H13AlO9. The molecule has 2 aromatic heterocycles. The summed E-state index contributed by atoms with van der Waals surface area (Å²) in [5.41, 5.74) is -1.55. The Hall–Kier alpha value is -3.71. The second-order valence-corrected chi connectivity index (χ2v) is 5.58. The summed E-state index contributed by atoms with van der Waals surface area (Å²) in [6.45, 7) is 0. The maximum atomic E-state index is 11.1. The van der Waals surface area contributed by atoms with E-state index in [1.54, 1.807) is 48.5 Å². The number of rotatable bonds is 2. The topological polar surface area (TPSA) is 155 Å². The SMILES string of the molecule is O=C(O)c1cc2ccccc2oc1=O.O=C(O)c1cc2ccccc2oc1=O.[OH][Al]. The summed E-state index contributed by atoms with van der Waals surface area (Å²) in [5, 5.41) is 18.5. The summed E-state index contributed by atoms with van der Waals surface area (Å²) < 4.78 is 16.6. The van der Waals surface area contributed by atoms with Crippen LogP contribution in [-0.4, -0.2) is 42.9 Å². The molecule has 4 rings (SSSR count). The van der Waals surface area contributed by atoms with E-state index < -0.39 is 23.2 Å². The van der Waals surface area contributed by atoms with Crippen LogP contribution in [0.25, 0.3) is 21.9 Å². The lowest BCUT2D eigenvalue weighted by Crippen LogP contribution is -2.12. The maximum Gasteiger partial charge on any atom is 0.363 e. The highest BCUT2D eigenvalue weighted by molar-refractivity contribution is 5.95. The Morgan fingerprint density at radius 1 is 0.667 bits per heavy atom. The van der Waals surface area contributed by atoms with E-state index in [1.165, 1.54) is 28.8 Å². The normalized spacial score (nSPS) is 9.77. The molecule has 0 saturated heterocycles. The van der Waals surface area contributed by atoms with Crippen molar-refractivity contribution in [2.75, 3.05) is 0 Å². The van der Waals surface area contributed by atoms with Gasteiger partial charge >= 0.3 is 39.8 Å². The molecule has 9 nitrogen and oxygen atoms in total. The molecular weight excluding hydrogens is 411 g/mol. The molecule has 0 aliphatic carbocycles. The quantitative estimate of drug-likeness (QED) is 0.324. The van der Waals surface area contributed by atoms with E-state index in [2.05, 4.69) is 0 Å². The van der Waals surface area contributed by atoms with E-state index in [4.69, 9.17) is 23.2 Å². The van der Waals surface area contributed by atoms with Crippen LogP contribution in [0.15, 0.2) is 79.1 Å². The molecule has 2 heterocycles. The summed E-state index contributed by atoms with van der Waals surface area (Å²) in [6.07, 6.45) is 0. The second-order valence-electron chi connectivity index (χ2n) is 5.58. The van der Waals surface area contributed by atoms with Gasteiger partial charge in [0.1, 0.15) is 22.3 Å². The molecule has 0 bridgehead atoms. The number of hydrogen-bond acceptors (Lipinski definition) is 7. The molecule has 4 aromatic rings. The lowest BCUT2D eigenvalue weighted by Gasteiger charge is -1.96. The van der Waals surface area contributed by atoms with Crippen LogP contribution in [0.1, 0.15) is 20.7 Å². The molecule has 3 N–H and O–H groups in total. The van der Waals surface area contributed by atoms with Crippen LogP contribution >= 0.6 is 0 Å². The van der Waals surface area contributed by atoms with Crippen molar-refractivity contribution in [1.82, 2.24) is 0 Å². The van der Waals surface area contributed by atoms with Crippen LogP contribution < -0.4 is 11.3 Å². The molecule has 0 spiro atoms. The molecule has 0 aliphatic heterocycles. The van der Waals surface area contributed by atoms with Gasteiger partial charge in [-0.1, -0.05) is 36.4 Å². The molecule has 0 amide bonds. The minimum atomic E-state index is -1.27. The fraction of sp³-hybridized carbons (Fsp3) is 0. The largest absolute Gasteiger partial charge is 0.529 e. The first kappa shape index (κ1) is 22.6. The average molecular weight is 424 g/mol. The first-order valence-electron chi connectivity index (χ1n) is 8.15. The minimum Gasteiger partial charge on any atom is -0.529 e. The van der Waals surface area contributed by atoms with Gasteiger partial charge in [-0.15, -0.1) is 0 Å². The first-order chi connectivity index (χ1) is 14.4. The second kappa shape index (κ2) is 10.2. The zero-order valence-corrected chi connectivity index (χ0v) is 16.3. The molecule has 0 aliphatic rings. The van der Waals surface area contributed by atoms with Gasteiger partial charge in [0.2, 0.25) is 0 Å². The first-order valence-corrected chi connectivity index (χ1v) is 8.66. The highest BCUT2D eigenvalue weighted by Gasteiger charge is 2.12. The van der Waals surface area contributed by atoms with Crippen LogP contribution in [0.4, 0.5) is 0 Å². The lowest BCUT2D eigenvalue weighted by atomic mass is 10.2. The minimum absolute atomic E-state index is 0.344. The van der Waals surface area contributed by atoms with E-state index in [9.17, 15) is 19.2 Å². The summed E-state index contributed by atoms with van der Waals surface area (Å²) in [7, 11) is 0. The third kappa shape index (κ3) is 5.21. The highest BCUT2D eigenvalue weighted by Crippen LogP contribution is 2.13. The number of hydrogen-bond donors (Lipinski definition) is 3. The molecule has 2 aromatic carbocycles. The van der Waals surface area contributed by atoms with E-state index >= 15 is 0 Å². The smallest absolute Gasteiger partial charge is 0.363 e. The van der Waals surface area contributed by atoms with E-state index in [0.717, 1.165) is 0 Å². The maximum absolute atomic E-state index is 11.1. The molecule has 0 atom stereocenters. The fourth-order valence-electron chi connectivity index (χ4n) is 2.42. The van der Waals surface area contributed by atoms with Gasteiger partial charge in [0, 0.05) is 10.8 Å². The van der Waals surface area contributed by atoms with Crippen molar-refractivity contribution in [1.29, 1.82) is 0 Å². The third-order valence-electron chi connectivity index (χ3n) is 3.74. The van der Waals surface area contributed by atoms with Gasteiger partial charge in [0.25, 0.3) is 0 Å².